The zero-order chi connectivity index (χ0) is 26.5. The minimum Gasteiger partial charge on any atom is -0.408 e. The molecule has 7 aliphatic carbocycles. The second-order valence-corrected chi connectivity index (χ2v) is 15.8. The van der Waals surface area contributed by atoms with Crippen LogP contribution in [-0.2, 0) is 9.31 Å². The molecule has 0 spiro atoms. The highest BCUT2D eigenvalue weighted by Crippen LogP contribution is 2.66. The van der Waals surface area contributed by atoms with Gasteiger partial charge in [-0.2, -0.15) is 0 Å². The molecule has 210 valence electrons. The summed E-state index contributed by atoms with van der Waals surface area (Å²) in [6, 6.07) is 0. The van der Waals surface area contributed by atoms with E-state index in [4.69, 9.17) is 9.31 Å². The van der Waals surface area contributed by atoms with Gasteiger partial charge < -0.3 is 9.31 Å². The monoisotopic (exact) mass is 526 g/mol. The molecule has 0 N–H and O–H groups in total. The van der Waals surface area contributed by atoms with E-state index in [1.807, 2.05) is 22.3 Å². The maximum Gasteiger partial charge on any atom is 0.461 e. The van der Waals surface area contributed by atoms with E-state index in [1.54, 1.807) is 5.57 Å². The number of allylic oxidation sites excluding steroid dienone is 8. The predicted molar refractivity (Wildman–Crippen MR) is 160 cm³/mol. The SMILES string of the molecule is CC1=CCCC(C)C1C1CC2C(CC3C4=C(CCCC4)C4C=CCC2C43)C2=C1CC(B1OCC(C)(C)O1)CC2. The van der Waals surface area contributed by atoms with Gasteiger partial charge in [0, 0.05) is 5.92 Å². The fourth-order valence-electron chi connectivity index (χ4n) is 11.9. The van der Waals surface area contributed by atoms with Gasteiger partial charge in [-0.25, -0.2) is 0 Å². The first kappa shape index (κ1) is 25.6. The summed E-state index contributed by atoms with van der Waals surface area (Å²) in [4.78, 5) is 0. The van der Waals surface area contributed by atoms with E-state index in [2.05, 4.69) is 45.9 Å². The van der Waals surface area contributed by atoms with Crippen molar-refractivity contribution in [3.8, 4) is 0 Å². The summed E-state index contributed by atoms with van der Waals surface area (Å²) < 4.78 is 12.8. The fraction of sp³-hybridized carbons (Fsp3) is 0.778. The van der Waals surface area contributed by atoms with Crippen LogP contribution < -0.4 is 0 Å². The molecule has 1 heterocycles. The molecule has 8 rings (SSSR count). The van der Waals surface area contributed by atoms with Crippen LogP contribution in [-0.4, -0.2) is 19.3 Å². The molecule has 0 aromatic carbocycles. The molecular formula is C36H51BO2. The van der Waals surface area contributed by atoms with Gasteiger partial charge in [0.2, 0.25) is 0 Å². The first-order chi connectivity index (χ1) is 18.9. The van der Waals surface area contributed by atoms with Crippen LogP contribution in [0.3, 0.4) is 0 Å². The molecular weight excluding hydrogens is 475 g/mol. The van der Waals surface area contributed by atoms with Crippen LogP contribution in [0.4, 0.5) is 0 Å². The Balaban J connectivity index is 1.18. The minimum atomic E-state index is -0.134. The third-order valence-corrected chi connectivity index (χ3v) is 13.3. The Morgan fingerprint density at radius 3 is 2.51 bits per heavy atom. The summed E-state index contributed by atoms with van der Waals surface area (Å²) in [7, 11) is -0.00222. The molecule has 0 aromatic heterocycles. The first-order valence-corrected chi connectivity index (χ1v) is 17.0. The third kappa shape index (κ3) is 4.02. The third-order valence-electron chi connectivity index (χ3n) is 13.3. The molecule has 0 aromatic rings. The van der Waals surface area contributed by atoms with E-state index in [9.17, 15) is 0 Å². The van der Waals surface area contributed by atoms with Crippen molar-refractivity contribution in [3.05, 3.63) is 46.1 Å². The molecule has 1 saturated heterocycles. The Bertz CT molecular complexity index is 1140. The lowest BCUT2D eigenvalue weighted by Crippen LogP contribution is -2.48. The predicted octanol–water partition coefficient (Wildman–Crippen LogP) is 9.11. The lowest BCUT2D eigenvalue weighted by atomic mass is 9.47. The van der Waals surface area contributed by atoms with Crippen molar-refractivity contribution in [1.29, 1.82) is 0 Å². The largest absolute Gasteiger partial charge is 0.461 e. The molecule has 39 heavy (non-hydrogen) atoms. The fourth-order valence-corrected chi connectivity index (χ4v) is 11.9. The maximum absolute atomic E-state index is 6.50. The van der Waals surface area contributed by atoms with Crippen LogP contribution in [0.2, 0.25) is 5.82 Å². The Morgan fingerprint density at radius 2 is 1.72 bits per heavy atom. The average molecular weight is 527 g/mol. The summed E-state index contributed by atoms with van der Waals surface area (Å²) in [5.74, 6) is 8.10. The summed E-state index contributed by atoms with van der Waals surface area (Å²) in [6.07, 6.45) is 24.4. The van der Waals surface area contributed by atoms with Crippen molar-refractivity contribution in [3.63, 3.8) is 0 Å². The zero-order valence-electron chi connectivity index (χ0n) is 25.1. The Labute approximate surface area is 238 Å². The molecule has 8 aliphatic rings. The Kier molecular flexibility index (Phi) is 6.23. The van der Waals surface area contributed by atoms with Gasteiger partial charge in [0.1, 0.15) is 0 Å². The molecule has 1 saturated carbocycles. The molecule has 2 nitrogen and oxygen atoms in total. The van der Waals surface area contributed by atoms with E-state index in [1.165, 1.54) is 77.0 Å². The summed E-state index contributed by atoms with van der Waals surface area (Å²) in [5, 5.41) is 0. The van der Waals surface area contributed by atoms with Gasteiger partial charge in [-0.3, -0.25) is 0 Å². The number of fused-ring (bicyclic) bond motifs is 5. The smallest absolute Gasteiger partial charge is 0.408 e. The van der Waals surface area contributed by atoms with E-state index < -0.39 is 0 Å². The topological polar surface area (TPSA) is 18.5 Å². The zero-order valence-corrected chi connectivity index (χ0v) is 25.1. The Morgan fingerprint density at radius 1 is 0.897 bits per heavy atom. The normalized spacial score (nSPS) is 46.5. The molecule has 0 bridgehead atoms. The summed E-state index contributed by atoms with van der Waals surface area (Å²) >= 11 is 0. The minimum absolute atomic E-state index is 0.00222. The number of hydrogen-bond donors (Lipinski definition) is 0. The lowest BCUT2D eigenvalue weighted by molar-refractivity contribution is 0.0225. The average Bonchev–Trinajstić information content (AvgIpc) is 3.47. The quantitative estimate of drug-likeness (QED) is 0.264. The molecule has 10 atom stereocenters. The number of rotatable bonds is 2. The summed E-state index contributed by atoms with van der Waals surface area (Å²) in [6.45, 7) is 10.2. The first-order valence-electron chi connectivity index (χ1n) is 17.0. The van der Waals surface area contributed by atoms with Gasteiger partial charge in [0.15, 0.2) is 0 Å². The second-order valence-electron chi connectivity index (χ2n) is 15.8. The molecule has 3 heteroatoms. The summed E-state index contributed by atoms with van der Waals surface area (Å²) in [5.41, 5.74) is 9.29. The van der Waals surface area contributed by atoms with E-state index in [-0.39, 0.29) is 12.7 Å². The van der Waals surface area contributed by atoms with Crippen molar-refractivity contribution >= 4 is 7.12 Å². The second kappa shape index (κ2) is 9.48. The standard InChI is InChI=1S/C36H51BO2/c1-21-9-7-10-22(2)34(21)33-19-31-28-14-8-13-27-24-11-5-6-12-25(24)32(35(27)28)18-30(31)26-16-15-23(17-29(26)33)37-38-20-36(3,4)39-37/h8-9,13,22-23,27-28,30-35H,5-7,10-12,14-20H2,1-4H3. The van der Waals surface area contributed by atoms with Gasteiger partial charge in [0.25, 0.3) is 0 Å². The highest BCUT2D eigenvalue weighted by Gasteiger charge is 2.57. The maximum atomic E-state index is 6.50. The van der Waals surface area contributed by atoms with Crippen molar-refractivity contribution in [2.24, 2.45) is 53.3 Å². The van der Waals surface area contributed by atoms with Crippen molar-refractivity contribution in [1.82, 2.24) is 0 Å². The molecule has 1 aliphatic heterocycles. The van der Waals surface area contributed by atoms with E-state index >= 15 is 0 Å². The molecule has 0 radical (unpaired) electrons. The van der Waals surface area contributed by atoms with Gasteiger partial charge in [-0.15, -0.1) is 0 Å². The number of hydrogen-bond acceptors (Lipinski definition) is 2. The van der Waals surface area contributed by atoms with E-state index in [0.29, 0.717) is 5.82 Å². The van der Waals surface area contributed by atoms with Crippen LogP contribution in [0.5, 0.6) is 0 Å². The lowest BCUT2D eigenvalue weighted by Gasteiger charge is -2.56. The van der Waals surface area contributed by atoms with Crippen molar-refractivity contribution in [2.45, 2.75) is 116 Å². The van der Waals surface area contributed by atoms with Gasteiger partial charge in [0.05, 0.1) is 12.2 Å². The Hall–Kier alpha value is -1.06. The van der Waals surface area contributed by atoms with Gasteiger partial charge >= 0.3 is 7.12 Å². The van der Waals surface area contributed by atoms with Gasteiger partial charge in [-0.1, -0.05) is 53.0 Å². The highest BCUT2D eigenvalue weighted by atomic mass is 16.7. The van der Waals surface area contributed by atoms with Crippen LogP contribution in [0.25, 0.3) is 0 Å². The molecule has 2 fully saturated rings. The van der Waals surface area contributed by atoms with Gasteiger partial charge in [-0.05, 0) is 151 Å². The molecule has 10 unspecified atom stereocenters. The van der Waals surface area contributed by atoms with Crippen LogP contribution in [0, 0.1) is 53.3 Å². The van der Waals surface area contributed by atoms with Crippen molar-refractivity contribution in [2.75, 3.05) is 6.61 Å². The van der Waals surface area contributed by atoms with Crippen LogP contribution in [0.1, 0.15) is 105 Å². The van der Waals surface area contributed by atoms with Crippen molar-refractivity contribution < 1.29 is 9.31 Å². The van der Waals surface area contributed by atoms with Crippen LogP contribution in [0.15, 0.2) is 46.1 Å². The highest BCUT2D eigenvalue weighted by molar-refractivity contribution is 6.47. The van der Waals surface area contributed by atoms with Crippen LogP contribution >= 0.6 is 0 Å². The molecule has 0 amide bonds. The van der Waals surface area contributed by atoms with E-state index in [0.717, 1.165) is 59.9 Å².